The third-order valence-corrected chi connectivity index (χ3v) is 3.33. The van der Waals surface area contributed by atoms with Crippen molar-refractivity contribution in [1.29, 1.82) is 0 Å². The number of hydrogen-bond acceptors (Lipinski definition) is 4. The van der Waals surface area contributed by atoms with Crippen molar-refractivity contribution in [3.8, 4) is 5.75 Å². The molecule has 5 heteroatoms. The van der Waals surface area contributed by atoms with Gasteiger partial charge in [-0.2, -0.15) is 0 Å². The predicted molar refractivity (Wildman–Crippen MR) is 56.8 cm³/mol. The second-order valence-corrected chi connectivity index (χ2v) is 5.34. The van der Waals surface area contributed by atoms with Gasteiger partial charge in [0.05, 0.1) is 18.6 Å². The van der Waals surface area contributed by atoms with Gasteiger partial charge in [-0.15, -0.1) is 0 Å². The number of aryl methyl sites for hydroxylation is 1. The molecular weight excluding hydrogens is 216 g/mol. The number of ether oxygens (including phenoxy) is 1. The molecule has 1 aromatic rings. The highest BCUT2D eigenvalue weighted by molar-refractivity contribution is 7.90. The van der Waals surface area contributed by atoms with Crippen LogP contribution in [0.1, 0.15) is 11.1 Å². The van der Waals surface area contributed by atoms with E-state index in [1.807, 2.05) is 0 Å². The molecule has 0 amide bonds. The number of aliphatic hydroxyl groups excluding tert-OH is 1. The van der Waals surface area contributed by atoms with Gasteiger partial charge in [0, 0.05) is 6.26 Å². The summed E-state index contributed by atoms with van der Waals surface area (Å²) in [6.45, 7) is 1.44. The van der Waals surface area contributed by atoms with Crippen molar-refractivity contribution in [3.05, 3.63) is 23.3 Å². The Bertz CT molecular complexity index is 463. The van der Waals surface area contributed by atoms with E-state index in [0.717, 1.165) is 11.8 Å². The van der Waals surface area contributed by atoms with Gasteiger partial charge < -0.3 is 9.84 Å². The summed E-state index contributed by atoms with van der Waals surface area (Å²) in [4.78, 5) is 0.156. The maximum Gasteiger partial charge on any atom is 0.175 e. The Hall–Kier alpha value is -1.07. The maximum absolute atomic E-state index is 11.4. The molecule has 84 valence electrons. The zero-order chi connectivity index (χ0) is 11.6. The van der Waals surface area contributed by atoms with Crippen molar-refractivity contribution in [2.24, 2.45) is 0 Å². The minimum atomic E-state index is -3.31. The van der Waals surface area contributed by atoms with Gasteiger partial charge in [-0.05, 0) is 30.2 Å². The van der Waals surface area contributed by atoms with Crippen LogP contribution in [0.15, 0.2) is 17.0 Å². The van der Waals surface area contributed by atoms with Gasteiger partial charge in [0.1, 0.15) is 5.75 Å². The number of benzene rings is 1. The summed E-state index contributed by atoms with van der Waals surface area (Å²) < 4.78 is 27.9. The van der Waals surface area contributed by atoms with E-state index in [0.29, 0.717) is 11.3 Å². The van der Waals surface area contributed by atoms with Crippen molar-refractivity contribution in [2.45, 2.75) is 18.4 Å². The molecule has 0 heterocycles. The molecule has 0 unspecified atom stereocenters. The average molecular weight is 230 g/mol. The first-order valence-electron chi connectivity index (χ1n) is 4.38. The van der Waals surface area contributed by atoms with Crippen molar-refractivity contribution in [1.82, 2.24) is 0 Å². The maximum atomic E-state index is 11.4. The molecule has 0 aromatic heterocycles. The Labute approximate surface area is 89.4 Å². The first-order valence-corrected chi connectivity index (χ1v) is 6.27. The highest BCUT2D eigenvalue weighted by Gasteiger charge is 2.15. The Morgan fingerprint density at radius 3 is 2.40 bits per heavy atom. The van der Waals surface area contributed by atoms with Crippen LogP contribution in [0.25, 0.3) is 0 Å². The summed E-state index contributed by atoms with van der Waals surface area (Å²) in [5, 5.41) is 9.07. The fourth-order valence-corrected chi connectivity index (χ4v) is 2.38. The summed E-state index contributed by atoms with van der Waals surface area (Å²) in [5.74, 6) is 0.575. The monoisotopic (exact) mass is 230 g/mol. The molecule has 15 heavy (non-hydrogen) atoms. The fourth-order valence-electron chi connectivity index (χ4n) is 1.39. The number of hydrogen-bond donors (Lipinski definition) is 1. The molecule has 0 fully saturated rings. The van der Waals surface area contributed by atoms with Crippen LogP contribution in [-0.2, 0) is 16.4 Å². The molecule has 0 bridgehead atoms. The fraction of sp³-hybridized carbons (Fsp3) is 0.400. The molecule has 0 radical (unpaired) electrons. The van der Waals surface area contributed by atoms with E-state index in [2.05, 4.69) is 0 Å². The van der Waals surface area contributed by atoms with Crippen molar-refractivity contribution < 1.29 is 18.3 Å². The van der Waals surface area contributed by atoms with E-state index < -0.39 is 9.84 Å². The van der Waals surface area contributed by atoms with Crippen LogP contribution >= 0.6 is 0 Å². The largest absolute Gasteiger partial charge is 0.496 e. The Kier molecular flexibility index (Phi) is 3.36. The summed E-state index contributed by atoms with van der Waals surface area (Å²) in [7, 11) is -1.81. The lowest BCUT2D eigenvalue weighted by Crippen LogP contribution is -2.04. The number of aliphatic hydroxyl groups is 1. The van der Waals surface area contributed by atoms with Crippen LogP contribution < -0.4 is 4.74 Å². The van der Waals surface area contributed by atoms with Crippen LogP contribution in [0.3, 0.4) is 0 Å². The topological polar surface area (TPSA) is 63.6 Å². The third kappa shape index (κ3) is 2.49. The first-order chi connectivity index (χ1) is 6.90. The van der Waals surface area contributed by atoms with E-state index in [-0.39, 0.29) is 11.5 Å². The molecule has 0 aliphatic heterocycles. The molecular formula is C10H14O4S. The Morgan fingerprint density at radius 2 is 2.00 bits per heavy atom. The lowest BCUT2D eigenvalue weighted by molar-refractivity contribution is 0.277. The summed E-state index contributed by atoms with van der Waals surface area (Å²) in [5.41, 5.74) is 1.09. The Morgan fingerprint density at radius 1 is 1.40 bits per heavy atom. The molecule has 0 saturated heterocycles. The Balaban J connectivity index is 3.48. The van der Waals surface area contributed by atoms with Crippen LogP contribution in [0.5, 0.6) is 5.75 Å². The van der Waals surface area contributed by atoms with Crippen molar-refractivity contribution >= 4 is 9.84 Å². The van der Waals surface area contributed by atoms with Crippen LogP contribution in [0.4, 0.5) is 0 Å². The smallest absolute Gasteiger partial charge is 0.175 e. The minimum absolute atomic E-state index is 0.156. The van der Waals surface area contributed by atoms with Gasteiger partial charge in [-0.25, -0.2) is 8.42 Å². The molecule has 1 rings (SSSR count). The predicted octanol–water partition coefficient (Wildman–Crippen LogP) is 0.899. The summed E-state index contributed by atoms with van der Waals surface area (Å²) >= 11 is 0. The van der Waals surface area contributed by atoms with Crippen LogP contribution in [0.2, 0.25) is 0 Å². The van der Waals surface area contributed by atoms with E-state index in [9.17, 15) is 8.42 Å². The molecule has 4 nitrogen and oxygen atoms in total. The SMILES string of the molecule is COc1cc(CO)c(S(C)(=O)=O)cc1C. The van der Waals surface area contributed by atoms with Gasteiger partial charge in [0.15, 0.2) is 9.84 Å². The quantitative estimate of drug-likeness (QED) is 0.838. The molecule has 0 saturated carbocycles. The van der Waals surface area contributed by atoms with Crippen LogP contribution in [0, 0.1) is 6.92 Å². The molecule has 0 spiro atoms. The zero-order valence-electron chi connectivity index (χ0n) is 8.94. The summed E-state index contributed by atoms with van der Waals surface area (Å²) in [6, 6.07) is 3.06. The van der Waals surface area contributed by atoms with Gasteiger partial charge in [-0.1, -0.05) is 0 Å². The second-order valence-electron chi connectivity index (χ2n) is 3.36. The molecule has 0 aliphatic rings. The van der Waals surface area contributed by atoms with E-state index in [1.165, 1.54) is 13.2 Å². The zero-order valence-corrected chi connectivity index (χ0v) is 9.76. The van der Waals surface area contributed by atoms with Gasteiger partial charge in [0.2, 0.25) is 0 Å². The first kappa shape index (κ1) is 12.0. The van der Waals surface area contributed by atoms with Crippen molar-refractivity contribution in [3.63, 3.8) is 0 Å². The average Bonchev–Trinajstić information content (AvgIpc) is 2.16. The highest BCUT2D eigenvalue weighted by Crippen LogP contribution is 2.26. The lowest BCUT2D eigenvalue weighted by Gasteiger charge is -2.10. The second kappa shape index (κ2) is 4.20. The molecule has 0 aliphatic carbocycles. The van der Waals surface area contributed by atoms with Gasteiger partial charge in [0.25, 0.3) is 0 Å². The standard InChI is InChI=1S/C10H14O4S/c1-7-4-10(15(3,12)13)8(6-11)5-9(7)14-2/h4-5,11H,6H2,1-3H3. The van der Waals surface area contributed by atoms with E-state index in [1.54, 1.807) is 13.0 Å². The molecule has 0 atom stereocenters. The molecule has 1 aromatic carbocycles. The lowest BCUT2D eigenvalue weighted by atomic mass is 10.1. The number of sulfone groups is 1. The number of rotatable bonds is 3. The minimum Gasteiger partial charge on any atom is -0.496 e. The van der Waals surface area contributed by atoms with Crippen molar-refractivity contribution in [2.75, 3.05) is 13.4 Å². The third-order valence-electron chi connectivity index (χ3n) is 2.15. The summed E-state index contributed by atoms with van der Waals surface area (Å²) in [6.07, 6.45) is 1.12. The molecule has 1 N–H and O–H groups in total. The number of methoxy groups -OCH3 is 1. The van der Waals surface area contributed by atoms with E-state index in [4.69, 9.17) is 9.84 Å². The van der Waals surface area contributed by atoms with E-state index >= 15 is 0 Å². The highest BCUT2D eigenvalue weighted by atomic mass is 32.2. The normalized spacial score (nSPS) is 11.5. The van der Waals surface area contributed by atoms with Gasteiger partial charge in [-0.3, -0.25) is 0 Å². The van der Waals surface area contributed by atoms with Crippen LogP contribution in [-0.4, -0.2) is 26.9 Å². The van der Waals surface area contributed by atoms with Gasteiger partial charge >= 0.3 is 0 Å².